The fraction of sp³-hybridized carbons (Fsp3) is 0.789. The Hall–Kier alpha value is -1.35. The van der Waals surface area contributed by atoms with Crippen LogP contribution in [0.4, 0.5) is 5.13 Å². The van der Waals surface area contributed by atoms with Crippen molar-refractivity contribution < 1.29 is 14.3 Å². The maximum atomic E-state index is 12.5. The molecule has 1 N–H and O–H groups in total. The minimum atomic E-state index is -0.796. The van der Waals surface area contributed by atoms with Gasteiger partial charge < -0.3 is 15.0 Å². The predicted octanol–water partition coefficient (Wildman–Crippen LogP) is 3.95. The highest BCUT2D eigenvalue weighted by atomic mass is 32.2. The molecule has 0 aromatic carbocycles. The van der Waals surface area contributed by atoms with Crippen LogP contribution in [-0.2, 0) is 14.3 Å². The number of rotatable bonds is 9. The topological polar surface area (TPSA) is 84.4 Å². The van der Waals surface area contributed by atoms with Crippen LogP contribution in [0.3, 0.4) is 0 Å². The number of amides is 1. The predicted molar refractivity (Wildman–Crippen MR) is 114 cm³/mol. The van der Waals surface area contributed by atoms with E-state index in [0.717, 1.165) is 9.47 Å². The first-order valence-electron chi connectivity index (χ1n) is 10.0. The lowest BCUT2D eigenvalue weighted by Gasteiger charge is -2.32. The van der Waals surface area contributed by atoms with Gasteiger partial charge in [0, 0.05) is 18.1 Å². The van der Waals surface area contributed by atoms with Gasteiger partial charge in [0.1, 0.15) is 0 Å². The van der Waals surface area contributed by atoms with Crippen molar-refractivity contribution in [2.75, 3.05) is 11.1 Å². The Morgan fingerprint density at radius 2 is 1.79 bits per heavy atom. The molecule has 9 heteroatoms. The number of thioether (sulfide) groups is 1. The third kappa shape index (κ3) is 6.92. The van der Waals surface area contributed by atoms with Gasteiger partial charge in [0.05, 0.1) is 5.75 Å². The van der Waals surface area contributed by atoms with E-state index in [1.54, 1.807) is 11.8 Å². The van der Waals surface area contributed by atoms with Crippen LogP contribution in [0.5, 0.6) is 0 Å². The smallest absolute Gasteiger partial charge is 0.317 e. The summed E-state index contributed by atoms with van der Waals surface area (Å²) in [6, 6.07) is 0.584. The number of esters is 1. The SMILES string of the molecule is CC(C)N(C(=O)[C@@H](C)OC(=O)CSc1nnc(NC2CCCCC2)s1)C(C)C. The van der Waals surface area contributed by atoms with Crippen molar-refractivity contribution in [2.24, 2.45) is 0 Å². The molecule has 0 saturated heterocycles. The number of carbonyl (C=O) groups is 2. The molecule has 1 aromatic rings. The molecule has 1 amide bonds. The van der Waals surface area contributed by atoms with Gasteiger partial charge in [-0.2, -0.15) is 0 Å². The first-order valence-corrected chi connectivity index (χ1v) is 11.8. The molecule has 1 heterocycles. The van der Waals surface area contributed by atoms with Gasteiger partial charge in [0.2, 0.25) is 5.13 Å². The van der Waals surface area contributed by atoms with E-state index in [1.165, 1.54) is 55.2 Å². The standard InChI is InChI=1S/C19H32N4O3S2/c1-12(2)23(13(3)4)17(25)14(5)26-16(24)11-27-19-22-21-18(28-19)20-15-9-7-6-8-10-15/h12-15H,6-11H2,1-5H3,(H,20,21)/t14-/m1/s1. The zero-order chi connectivity index (χ0) is 20.7. The fourth-order valence-electron chi connectivity index (χ4n) is 3.47. The largest absolute Gasteiger partial charge is 0.452 e. The van der Waals surface area contributed by atoms with Crippen LogP contribution in [0.25, 0.3) is 0 Å². The number of nitrogens with zero attached hydrogens (tertiary/aromatic N) is 3. The number of hydrogen-bond acceptors (Lipinski definition) is 8. The van der Waals surface area contributed by atoms with Crippen LogP contribution in [0, 0.1) is 0 Å². The van der Waals surface area contributed by atoms with Crippen LogP contribution < -0.4 is 5.32 Å². The van der Waals surface area contributed by atoms with Crippen molar-refractivity contribution >= 4 is 40.1 Å². The van der Waals surface area contributed by atoms with Crippen molar-refractivity contribution in [3.63, 3.8) is 0 Å². The number of ether oxygens (including phenoxy) is 1. The van der Waals surface area contributed by atoms with Crippen LogP contribution >= 0.6 is 23.1 Å². The molecule has 1 aliphatic rings. The van der Waals surface area contributed by atoms with Crippen LogP contribution in [0.2, 0.25) is 0 Å². The summed E-state index contributed by atoms with van der Waals surface area (Å²) in [6.07, 6.45) is 5.37. The molecule has 1 saturated carbocycles. The number of hydrogen-bond donors (Lipinski definition) is 1. The first-order chi connectivity index (χ1) is 13.3. The van der Waals surface area contributed by atoms with E-state index in [4.69, 9.17) is 4.74 Å². The van der Waals surface area contributed by atoms with Gasteiger partial charge >= 0.3 is 5.97 Å². The second kappa shape index (κ2) is 11.0. The second-order valence-corrected chi connectivity index (χ2v) is 9.91. The highest BCUT2D eigenvalue weighted by Gasteiger charge is 2.27. The lowest BCUT2D eigenvalue weighted by molar-refractivity contribution is -0.159. The average molecular weight is 429 g/mol. The van der Waals surface area contributed by atoms with Crippen molar-refractivity contribution in [3.8, 4) is 0 Å². The molecular formula is C19H32N4O3S2. The molecule has 2 rings (SSSR count). The summed E-state index contributed by atoms with van der Waals surface area (Å²) in [6.45, 7) is 9.45. The van der Waals surface area contributed by atoms with Gasteiger partial charge in [0.25, 0.3) is 5.91 Å². The number of anilines is 1. The van der Waals surface area contributed by atoms with Crippen molar-refractivity contribution in [2.45, 2.75) is 95.3 Å². The van der Waals surface area contributed by atoms with Gasteiger partial charge in [-0.15, -0.1) is 10.2 Å². The Balaban J connectivity index is 1.78. The maximum Gasteiger partial charge on any atom is 0.317 e. The van der Waals surface area contributed by atoms with Crippen LogP contribution in [0.15, 0.2) is 4.34 Å². The van der Waals surface area contributed by atoms with Gasteiger partial charge in [-0.05, 0) is 47.5 Å². The highest BCUT2D eigenvalue weighted by Crippen LogP contribution is 2.28. The third-order valence-electron chi connectivity index (χ3n) is 4.68. The van der Waals surface area contributed by atoms with Gasteiger partial charge in [-0.25, -0.2) is 0 Å². The maximum absolute atomic E-state index is 12.5. The summed E-state index contributed by atoms with van der Waals surface area (Å²) < 4.78 is 6.06. The Morgan fingerprint density at radius 3 is 2.39 bits per heavy atom. The molecule has 158 valence electrons. The average Bonchev–Trinajstić information content (AvgIpc) is 3.07. The van der Waals surface area contributed by atoms with E-state index in [1.807, 2.05) is 27.7 Å². The zero-order valence-electron chi connectivity index (χ0n) is 17.4. The minimum Gasteiger partial charge on any atom is -0.452 e. The Kier molecular flexibility index (Phi) is 9.01. The van der Waals surface area contributed by atoms with Crippen molar-refractivity contribution in [1.29, 1.82) is 0 Å². The normalized spacial score (nSPS) is 16.2. The molecule has 0 bridgehead atoms. The monoisotopic (exact) mass is 428 g/mol. The first kappa shape index (κ1) is 22.9. The zero-order valence-corrected chi connectivity index (χ0v) is 19.1. The summed E-state index contributed by atoms with van der Waals surface area (Å²) >= 11 is 2.74. The lowest BCUT2D eigenvalue weighted by Crippen LogP contribution is -2.47. The molecule has 0 aliphatic heterocycles. The number of aromatic nitrogens is 2. The molecule has 0 unspecified atom stereocenters. The molecule has 7 nitrogen and oxygen atoms in total. The summed E-state index contributed by atoms with van der Waals surface area (Å²) in [5.41, 5.74) is 0. The minimum absolute atomic E-state index is 0.0551. The van der Waals surface area contributed by atoms with Gasteiger partial charge in [-0.1, -0.05) is 42.4 Å². The summed E-state index contributed by atoms with van der Waals surface area (Å²) in [5, 5.41) is 12.5. The molecule has 0 radical (unpaired) electrons. The van der Waals surface area contributed by atoms with Crippen molar-refractivity contribution in [1.82, 2.24) is 15.1 Å². The Morgan fingerprint density at radius 1 is 1.14 bits per heavy atom. The molecule has 1 fully saturated rings. The van der Waals surface area contributed by atoms with Crippen LogP contribution in [-0.4, -0.2) is 57.0 Å². The third-order valence-corrected chi connectivity index (χ3v) is 6.64. The molecule has 1 aliphatic carbocycles. The summed E-state index contributed by atoms with van der Waals surface area (Å²) in [4.78, 5) is 26.4. The summed E-state index contributed by atoms with van der Waals surface area (Å²) in [7, 11) is 0. The van der Waals surface area contributed by atoms with E-state index in [2.05, 4.69) is 15.5 Å². The molecule has 0 spiro atoms. The van der Waals surface area contributed by atoms with Gasteiger partial charge in [0.15, 0.2) is 10.4 Å². The fourth-order valence-corrected chi connectivity index (χ4v) is 5.08. The van der Waals surface area contributed by atoms with E-state index >= 15 is 0 Å². The van der Waals surface area contributed by atoms with E-state index in [9.17, 15) is 9.59 Å². The Labute approximate surface area is 176 Å². The summed E-state index contributed by atoms with van der Waals surface area (Å²) in [5.74, 6) is -0.479. The van der Waals surface area contributed by atoms with E-state index < -0.39 is 12.1 Å². The van der Waals surface area contributed by atoms with Crippen molar-refractivity contribution in [3.05, 3.63) is 0 Å². The molecule has 1 aromatic heterocycles. The second-order valence-electron chi connectivity index (χ2n) is 7.71. The van der Waals surface area contributed by atoms with Crippen LogP contribution in [0.1, 0.15) is 66.7 Å². The molecule has 28 heavy (non-hydrogen) atoms. The van der Waals surface area contributed by atoms with Gasteiger partial charge in [-0.3, -0.25) is 9.59 Å². The quantitative estimate of drug-likeness (QED) is 0.471. The van der Waals surface area contributed by atoms with E-state index in [0.29, 0.717) is 6.04 Å². The molecular weight excluding hydrogens is 396 g/mol. The molecule has 1 atom stereocenters. The Bertz CT molecular complexity index is 637. The lowest BCUT2D eigenvalue weighted by atomic mass is 9.96. The number of nitrogens with one attached hydrogen (secondary N) is 1. The van der Waals surface area contributed by atoms with E-state index in [-0.39, 0.29) is 23.7 Å². The number of carbonyl (C=O) groups excluding carboxylic acids is 2. The highest BCUT2D eigenvalue weighted by molar-refractivity contribution is 8.01.